The fourth-order valence-electron chi connectivity index (χ4n) is 2.46. The Hall–Kier alpha value is -1.32. The van der Waals surface area contributed by atoms with Crippen molar-refractivity contribution < 1.29 is 19.1 Å². The molecular weight excluding hydrogens is 316 g/mol. The van der Waals surface area contributed by atoms with E-state index in [0.29, 0.717) is 6.61 Å². The van der Waals surface area contributed by atoms with Gasteiger partial charge in [0.25, 0.3) is 0 Å². The summed E-state index contributed by atoms with van der Waals surface area (Å²) in [4.78, 5) is 22.9. The van der Waals surface area contributed by atoms with Crippen LogP contribution in [0.1, 0.15) is 104 Å². The van der Waals surface area contributed by atoms with Crippen LogP contribution in [0, 0.1) is 0 Å². The zero-order valence-electron chi connectivity index (χ0n) is 16.4. The molecule has 0 radical (unpaired) electrons. The molecule has 0 saturated heterocycles. The average molecular weight is 355 g/mol. The number of hydrogen-bond donors (Lipinski definition) is 0. The Bertz CT molecular complexity index is 350. The van der Waals surface area contributed by atoms with Crippen LogP contribution in [0.25, 0.3) is 0 Å². The number of hydrogen-bond acceptors (Lipinski definition) is 4. The maximum Gasteiger partial charge on any atom is 0.311 e. The lowest BCUT2D eigenvalue weighted by molar-refractivity contribution is -0.148. The highest BCUT2D eigenvalue weighted by Crippen LogP contribution is 2.09. The summed E-state index contributed by atoms with van der Waals surface area (Å²) in [6.45, 7) is 4.78. The van der Waals surface area contributed by atoms with Crippen molar-refractivity contribution in [3.05, 3.63) is 12.3 Å². The third-order valence-corrected chi connectivity index (χ3v) is 4.06. The monoisotopic (exact) mass is 354 g/mol. The van der Waals surface area contributed by atoms with E-state index in [-0.39, 0.29) is 24.8 Å². The number of carbonyl (C=O) groups excluding carboxylic acids is 2. The topological polar surface area (TPSA) is 52.6 Å². The van der Waals surface area contributed by atoms with E-state index in [1.807, 2.05) is 6.08 Å². The van der Waals surface area contributed by atoms with E-state index in [1.165, 1.54) is 51.2 Å². The van der Waals surface area contributed by atoms with E-state index in [9.17, 15) is 9.59 Å². The van der Waals surface area contributed by atoms with Gasteiger partial charge in [0.1, 0.15) is 0 Å². The molecule has 146 valence electrons. The lowest BCUT2D eigenvalue weighted by Crippen LogP contribution is -2.09. The van der Waals surface area contributed by atoms with Gasteiger partial charge in [0.05, 0.1) is 25.7 Å². The second-order valence-corrected chi connectivity index (χ2v) is 6.55. The number of esters is 2. The van der Waals surface area contributed by atoms with Gasteiger partial charge in [0, 0.05) is 0 Å². The molecule has 0 spiro atoms. The van der Waals surface area contributed by atoms with E-state index in [4.69, 9.17) is 9.47 Å². The quantitative estimate of drug-likeness (QED) is 0.180. The number of carbonyl (C=O) groups is 2. The van der Waals surface area contributed by atoms with Crippen LogP contribution >= 0.6 is 0 Å². The molecule has 4 nitrogen and oxygen atoms in total. The lowest BCUT2D eigenvalue weighted by Gasteiger charge is -2.03. The Labute approximate surface area is 154 Å². The second kappa shape index (κ2) is 19.0. The Morgan fingerprint density at radius 2 is 1.28 bits per heavy atom. The zero-order valence-corrected chi connectivity index (χ0v) is 16.4. The molecule has 0 unspecified atom stereocenters. The smallest absolute Gasteiger partial charge is 0.311 e. The van der Waals surface area contributed by atoms with Gasteiger partial charge in [-0.15, -0.1) is 0 Å². The first kappa shape index (κ1) is 23.7. The first-order valence-electron chi connectivity index (χ1n) is 10.2. The maximum atomic E-state index is 11.5. The van der Waals surface area contributed by atoms with Gasteiger partial charge in [0.2, 0.25) is 0 Å². The SMILES string of the molecule is CCCCCCCCCCC=COC(=O)CCC(=O)OCCCCC. The van der Waals surface area contributed by atoms with E-state index in [1.54, 1.807) is 0 Å². The molecule has 0 saturated carbocycles. The van der Waals surface area contributed by atoms with Crippen LogP contribution in [0.4, 0.5) is 0 Å². The Morgan fingerprint density at radius 3 is 1.96 bits per heavy atom. The molecule has 25 heavy (non-hydrogen) atoms. The minimum absolute atomic E-state index is 0.0781. The largest absolute Gasteiger partial charge is 0.466 e. The Balaban J connectivity index is 3.41. The summed E-state index contributed by atoms with van der Waals surface area (Å²) in [5, 5.41) is 0. The van der Waals surface area contributed by atoms with Crippen LogP contribution < -0.4 is 0 Å². The molecule has 4 heteroatoms. The molecule has 0 aliphatic carbocycles. The van der Waals surface area contributed by atoms with Gasteiger partial charge in [-0.25, -0.2) is 0 Å². The fraction of sp³-hybridized carbons (Fsp3) is 0.810. The van der Waals surface area contributed by atoms with Gasteiger partial charge in [-0.05, 0) is 25.3 Å². The van der Waals surface area contributed by atoms with Crippen LogP contribution in [0.15, 0.2) is 12.3 Å². The van der Waals surface area contributed by atoms with Crippen LogP contribution in [-0.4, -0.2) is 18.5 Å². The molecule has 0 atom stereocenters. The van der Waals surface area contributed by atoms with E-state index < -0.39 is 0 Å². The highest BCUT2D eigenvalue weighted by Gasteiger charge is 2.08. The minimum Gasteiger partial charge on any atom is -0.466 e. The first-order valence-corrected chi connectivity index (χ1v) is 10.2. The summed E-state index contributed by atoms with van der Waals surface area (Å²) >= 11 is 0. The van der Waals surface area contributed by atoms with Crippen LogP contribution in [-0.2, 0) is 19.1 Å². The molecule has 0 fully saturated rings. The highest BCUT2D eigenvalue weighted by atomic mass is 16.5. The maximum absolute atomic E-state index is 11.5. The van der Waals surface area contributed by atoms with Crippen LogP contribution in [0.5, 0.6) is 0 Å². The summed E-state index contributed by atoms with van der Waals surface area (Å²) in [6, 6.07) is 0. The molecule has 0 heterocycles. The van der Waals surface area contributed by atoms with Crippen molar-refractivity contribution in [3.8, 4) is 0 Å². The molecule has 0 aliphatic rings. The average Bonchev–Trinajstić information content (AvgIpc) is 2.61. The van der Waals surface area contributed by atoms with Gasteiger partial charge >= 0.3 is 11.9 Å². The van der Waals surface area contributed by atoms with Gasteiger partial charge in [-0.1, -0.05) is 71.6 Å². The highest BCUT2D eigenvalue weighted by molar-refractivity contribution is 5.77. The van der Waals surface area contributed by atoms with Crippen molar-refractivity contribution in [1.82, 2.24) is 0 Å². The molecule has 0 amide bonds. The number of ether oxygens (including phenoxy) is 2. The summed E-state index contributed by atoms with van der Waals surface area (Å²) in [5.41, 5.74) is 0. The molecule has 0 aromatic rings. The van der Waals surface area contributed by atoms with Crippen molar-refractivity contribution >= 4 is 11.9 Å². The predicted octanol–water partition coefficient (Wildman–Crippen LogP) is 6.09. The standard InChI is InChI=1S/C21H38O4/c1-3-5-7-8-9-10-11-12-13-15-19-25-21(23)17-16-20(22)24-18-14-6-4-2/h15,19H,3-14,16-18H2,1-2H3. The van der Waals surface area contributed by atoms with Gasteiger partial charge in [-0.3, -0.25) is 9.59 Å². The van der Waals surface area contributed by atoms with Crippen LogP contribution in [0.3, 0.4) is 0 Å². The molecule has 0 rings (SSSR count). The third-order valence-electron chi connectivity index (χ3n) is 4.06. The summed E-state index contributed by atoms with van der Waals surface area (Å²) in [6.07, 6.45) is 17.8. The Kier molecular flexibility index (Phi) is 18.0. The summed E-state index contributed by atoms with van der Waals surface area (Å²) in [5.74, 6) is -0.700. The zero-order chi connectivity index (χ0) is 18.6. The third kappa shape index (κ3) is 18.9. The van der Waals surface area contributed by atoms with Crippen molar-refractivity contribution in [3.63, 3.8) is 0 Å². The van der Waals surface area contributed by atoms with E-state index in [0.717, 1.165) is 32.1 Å². The minimum atomic E-state index is -0.377. The van der Waals surface area contributed by atoms with Crippen molar-refractivity contribution in [2.45, 2.75) is 104 Å². The van der Waals surface area contributed by atoms with E-state index in [2.05, 4.69) is 13.8 Å². The van der Waals surface area contributed by atoms with Crippen LogP contribution in [0.2, 0.25) is 0 Å². The molecular formula is C21H38O4. The lowest BCUT2D eigenvalue weighted by atomic mass is 10.1. The number of rotatable bonds is 17. The van der Waals surface area contributed by atoms with Gasteiger partial charge < -0.3 is 9.47 Å². The molecule has 0 aromatic heterocycles. The van der Waals surface area contributed by atoms with Crippen molar-refractivity contribution in [2.24, 2.45) is 0 Å². The summed E-state index contributed by atoms with van der Waals surface area (Å²) in [7, 11) is 0. The molecule has 0 N–H and O–H groups in total. The number of allylic oxidation sites excluding steroid dienone is 1. The van der Waals surface area contributed by atoms with Crippen molar-refractivity contribution in [1.29, 1.82) is 0 Å². The fourth-order valence-corrected chi connectivity index (χ4v) is 2.46. The number of unbranched alkanes of at least 4 members (excludes halogenated alkanes) is 10. The predicted molar refractivity (Wildman–Crippen MR) is 102 cm³/mol. The van der Waals surface area contributed by atoms with Gasteiger partial charge in [0.15, 0.2) is 0 Å². The van der Waals surface area contributed by atoms with E-state index >= 15 is 0 Å². The molecule has 0 bridgehead atoms. The molecule has 0 aromatic carbocycles. The normalized spacial score (nSPS) is 11.0. The van der Waals surface area contributed by atoms with Crippen molar-refractivity contribution in [2.75, 3.05) is 6.61 Å². The van der Waals surface area contributed by atoms with Gasteiger partial charge in [-0.2, -0.15) is 0 Å². The Morgan fingerprint density at radius 1 is 0.720 bits per heavy atom. The first-order chi connectivity index (χ1) is 12.2. The summed E-state index contributed by atoms with van der Waals surface area (Å²) < 4.78 is 10.0. The second-order valence-electron chi connectivity index (χ2n) is 6.55. The molecule has 0 aliphatic heterocycles.